The Morgan fingerprint density at radius 2 is 2.29 bits per heavy atom. The second kappa shape index (κ2) is 1.12. The Morgan fingerprint density at radius 1 is 1.57 bits per heavy atom. The second-order valence-corrected chi connectivity index (χ2v) is 1.82. The van der Waals surface area contributed by atoms with Crippen molar-refractivity contribution in [2.45, 2.75) is 19.6 Å². The Labute approximate surface area is 41.9 Å². The summed E-state index contributed by atoms with van der Waals surface area (Å²) < 4.78 is 4.83. The minimum absolute atomic E-state index is 0.528. The van der Waals surface area contributed by atoms with Gasteiger partial charge in [0.25, 0.3) is 5.79 Å². The van der Waals surface area contributed by atoms with Crippen molar-refractivity contribution in [1.82, 2.24) is 0 Å². The first-order valence-electron chi connectivity index (χ1n) is 2.08. The Kier molecular flexibility index (Phi) is 0.708. The molecular weight excluding hydrogens is 94.0 g/mol. The summed E-state index contributed by atoms with van der Waals surface area (Å²) in [4.78, 5) is 4.69. The molecule has 0 spiro atoms. The van der Waals surface area contributed by atoms with Gasteiger partial charge in [0, 0.05) is 13.8 Å². The molecular formula is C4H7NO2. The van der Waals surface area contributed by atoms with Crippen molar-refractivity contribution in [2.24, 2.45) is 5.16 Å². The summed E-state index contributed by atoms with van der Waals surface area (Å²) in [5.74, 6) is -0.528. The molecule has 0 aromatic rings. The van der Waals surface area contributed by atoms with Crippen LogP contribution in [0.2, 0.25) is 0 Å². The predicted octanol–water partition coefficient (Wildman–Crippen LogP) is 0.713. The van der Waals surface area contributed by atoms with Crippen LogP contribution in [0.15, 0.2) is 5.16 Å². The molecule has 0 aromatic heterocycles. The lowest BCUT2D eigenvalue weighted by molar-refractivity contribution is -0.127. The fourth-order valence-corrected chi connectivity index (χ4v) is 0.318. The van der Waals surface area contributed by atoms with Crippen LogP contribution in [-0.2, 0) is 9.57 Å². The summed E-state index contributed by atoms with van der Waals surface area (Å²) in [5.41, 5.74) is 0. The van der Waals surface area contributed by atoms with E-state index in [-0.39, 0.29) is 0 Å². The molecule has 1 aliphatic rings. The Balaban J connectivity index is 2.49. The van der Waals surface area contributed by atoms with Crippen molar-refractivity contribution in [1.29, 1.82) is 0 Å². The third kappa shape index (κ3) is 0.824. The normalized spacial score (nSPS) is 23.7. The van der Waals surface area contributed by atoms with E-state index in [1.54, 1.807) is 13.8 Å². The molecule has 40 valence electrons. The fraction of sp³-hybridized carbons (Fsp3) is 0.750. The van der Waals surface area contributed by atoms with Crippen molar-refractivity contribution in [3.8, 4) is 0 Å². The summed E-state index contributed by atoms with van der Waals surface area (Å²) in [6.07, 6.45) is 1.29. The van der Waals surface area contributed by atoms with Gasteiger partial charge < -0.3 is 9.57 Å². The lowest BCUT2D eigenvalue weighted by Gasteiger charge is -2.12. The van der Waals surface area contributed by atoms with E-state index in [0.29, 0.717) is 0 Å². The highest BCUT2D eigenvalue weighted by Gasteiger charge is 2.23. The summed E-state index contributed by atoms with van der Waals surface area (Å²) in [5, 5.41) is 3.39. The van der Waals surface area contributed by atoms with E-state index >= 15 is 0 Å². The minimum Gasteiger partial charge on any atom is -0.437 e. The zero-order valence-electron chi connectivity index (χ0n) is 4.34. The monoisotopic (exact) mass is 101 g/mol. The number of hydrogen-bond acceptors (Lipinski definition) is 3. The van der Waals surface area contributed by atoms with Crippen LogP contribution in [-0.4, -0.2) is 12.2 Å². The molecule has 0 aromatic carbocycles. The van der Waals surface area contributed by atoms with Crippen LogP contribution in [0.25, 0.3) is 0 Å². The van der Waals surface area contributed by atoms with Crippen LogP contribution in [0.3, 0.4) is 0 Å². The van der Waals surface area contributed by atoms with Crippen molar-refractivity contribution < 1.29 is 9.57 Å². The summed E-state index contributed by atoms with van der Waals surface area (Å²) in [6, 6.07) is 0. The van der Waals surface area contributed by atoms with Crippen LogP contribution in [0.5, 0.6) is 0 Å². The highest BCUT2D eigenvalue weighted by molar-refractivity contribution is 5.47. The van der Waals surface area contributed by atoms with Gasteiger partial charge >= 0.3 is 0 Å². The van der Waals surface area contributed by atoms with Gasteiger partial charge in [-0.15, -0.1) is 0 Å². The van der Waals surface area contributed by atoms with Gasteiger partial charge in [-0.1, -0.05) is 5.16 Å². The van der Waals surface area contributed by atoms with Crippen molar-refractivity contribution in [2.75, 3.05) is 0 Å². The standard InChI is InChI=1S/C4H7NO2/c1-4(2)6-3-5-7-4/h3H,1-2H3. The molecule has 0 unspecified atom stereocenters. The molecule has 1 heterocycles. The Bertz CT molecular complexity index is 87.9. The highest BCUT2D eigenvalue weighted by Crippen LogP contribution is 2.13. The van der Waals surface area contributed by atoms with Crippen LogP contribution in [0, 0.1) is 0 Å². The predicted molar refractivity (Wildman–Crippen MR) is 24.7 cm³/mol. The molecule has 1 aliphatic heterocycles. The number of oxime groups is 1. The molecule has 0 N–H and O–H groups in total. The van der Waals surface area contributed by atoms with Crippen LogP contribution < -0.4 is 0 Å². The summed E-state index contributed by atoms with van der Waals surface area (Å²) >= 11 is 0. The molecule has 0 saturated carbocycles. The van der Waals surface area contributed by atoms with Gasteiger partial charge in [-0.05, 0) is 0 Å². The van der Waals surface area contributed by atoms with E-state index in [9.17, 15) is 0 Å². The van der Waals surface area contributed by atoms with E-state index in [2.05, 4.69) is 9.99 Å². The lowest BCUT2D eigenvalue weighted by Crippen LogP contribution is -2.19. The molecule has 0 bridgehead atoms. The number of rotatable bonds is 0. The highest BCUT2D eigenvalue weighted by atomic mass is 16.8. The Morgan fingerprint density at radius 3 is 2.43 bits per heavy atom. The minimum atomic E-state index is -0.528. The maximum atomic E-state index is 4.83. The van der Waals surface area contributed by atoms with Crippen molar-refractivity contribution in [3.63, 3.8) is 0 Å². The molecule has 3 nitrogen and oxygen atoms in total. The molecule has 0 fully saturated rings. The van der Waals surface area contributed by atoms with Crippen molar-refractivity contribution in [3.05, 3.63) is 0 Å². The van der Waals surface area contributed by atoms with E-state index in [0.717, 1.165) is 0 Å². The molecule has 0 amide bonds. The van der Waals surface area contributed by atoms with Gasteiger partial charge in [0.1, 0.15) is 0 Å². The van der Waals surface area contributed by atoms with Gasteiger partial charge in [-0.2, -0.15) is 0 Å². The summed E-state index contributed by atoms with van der Waals surface area (Å²) in [7, 11) is 0. The zero-order valence-corrected chi connectivity index (χ0v) is 4.34. The largest absolute Gasteiger partial charge is 0.437 e. The first-order chi connectivity index (χ1) is 3.21. The van der Waals surface area contributed by atoms with Gasteiger partial charge in [-0.25, -0.2) is 0 Å². The van der Waals surface area contributed by atoms with E-state index in [1.807, 2.05) is 0 Å². The van der Waals surface area contributed by atoms with Gasteiger partial charge in [-0.3, -0.25) is 0 Å². The fourth-order valence-electron chi connectivity index (χ4n) is 0.318. The average Bonchev–Trinajstić information content (AvgIpc) is 1.84. The molecule has 0 aliphatic carbocycles. The summed E-state index contributed by atoms with van der Waals surface area (Å²) in [6.45, 7) is 3.58. The number of nitrogens with zero attached hydrogens (tertiary/aromatic N) is 1. The van der Waals surface area contributed by atoms with Gasteiger partial charge in [0.2, 0.25) is 6.40 Å². The van der Waals surface area contributed by atoms with E-state index in [1.165, 1.54) is 6.40 Å². The van der Waals surface area contributed by atoms with Gasteiger partial charge in [0.15, 0.2) is 0 Å². The molecule has 0 radical (unpaired) electrons. The van der Waals surface area contributed by atoms with E-state index < -0.39 is 5.79 Å². The van der Waals surface area contributed by atoms with Crippen molar-refractivity contribution >= 4 is 6.40 Å². The smallest absolute Gasteiger partial charge is 0.271 e. The quantitative estimate of drug-likeness (QED) is 0.450. The molecule has 7 heavy (non-hydrogen) atoms. The van der Waals surface area contributed by atoms with E-state index in [4.69, 9.17) is 4.74 Å². The first-order valence-corrected chi connectivity index (χ1v) is 2.08. The molecule has 1 rings (SSSR count). The number of hydrogen-bond donors (Lipinski definition) is 0. The third-order valence-electron chi connectivity index (χ3n) is 0.652. The first kappa shape index (κ1) is 4.43. The molecule has 0 saturated heterocycles. The van der Waals surface area contributed by atoms with Crippen LogP contribution >= 0.6 is 0 Å². The zero-order chi connectivity index (χ0) is 5.33. The van der Waals surface area contributed by atoms with Crippen LogP contribution in [0.4, 0.5) is 0 Å². The molecule has 0 atom stereocenters. The topological polar surface area (TPSA) is 30.8 Å². The Hall–Kier alpha value is -0.730. The maximum absolute atomic E-state index is 4.83. The maximum Gasteiger partial charge on any atom is 0.271 e. The third-order valence-corrected chi connectivity index (χ3v) is 0.652. The average molecular weight is 101 g/mol. The SMILES string of the molecule is CC1(C)OC=NO1. The van der Waals surface area contributed by atoms with Crippen LogP contribution in [0.1, 0.15) is 13.8 Å². The second-order valence-electron chi connectivity index (χ2n) is 1.82. The number of ether oxygens (including phenoxy) is 1. The molecule has 3 heteroatoms. The van der Waals surface area contributed by atoms with Gasteiger partial charge in [0.05, 0.1) is 0 Å². The lowest BCUT2D eigenvalue weighted by atomic mass is 10.4.